The molecular formula is C10H18N2O. The number of hydrogen-bond donors (Lipinski definition) is 1. The Bertz CT molecular complexity index is 209. The standard InChI is InChI=1S/C10H18N2O/c1-8(2)7-12(3)10(13)4-9-5-11-6-9/h9,11H,1,4-7H2,2-3H3. The summed E-state index contributed by atoms with van der Waals surface area (Å²) in [5.74, 6) is 0.787. The van der Waals surface area contributed by atoms with Gasteiger partial charge in [-0.3, -0.25) is 4.79 Å². The van der Waals surface area contributed by atoms with E-state index in [1.54, 1.807) is 4.90 Å². The van der Waals surface area contributed by atoms with Crippen LogP contribution in [0.3, 0.4) is 0 Å². The van der Waals surface area contributed by atoms with Gasteiger partial charge in [-0.15, -0.1) is 0 Å². The van der Waals surface area contributed by atoms with E-state index in [1.165, 1.54) is 0 Å². The second-order valence-corrected chi connectivity index (χ2v) is 3.94. The number of likely N-dealkylation sites (N-methyl/N-ethyl adjacent to an activating group) is 1. The predicted molar refractivity (Wildman–Crippen MR) is 53.4 cm³/mol. The van der Waals surface area contributed by atoms with Gasteiger partial charge in [-0.05, 0) is 25.9 Å². The predicted octanol–water partition coefficient (Wildman–Crippen LogP) is 0.630. The van der Waals surface area contributed by atoms with Gasteiger partial charge in [0.05, 0.1) is 0 Å². The molecule has 1 aliphatic rings. The molecule has 3 nitrogen and oxygen atoms in total. The maximum atomic E-state index is 11.5. The highest BCUT2D eigenvalue weighted by Gasteiger charge is 2.21. The Balaban J connectivity index is 2.24. The number of rotatable bonds is 4. The maximum absolute atomic E-state index is 11.5. The lowest BCUT2D eigenvalue weighted by atomic mass is 9.99. The van der Waals surface area contributed by atoms with E-state index in [0.717, 1.165) is 18.7 Å². The van der Waals surface area contributed by atoms with Crippen molar-refractivity contribution in [2.45, 2.75) is 13.3 Å². The van der Waals surface area contributed by atoms with Gasteiger partial charge in [0.1, 0.15) is 0 Å². The molecule has 1 N–H and O–H groups in total. The van der Waals surface area contributed by atoms with Gasteiger partial charge in [0.2, 0.25) is 5.91 Å². The maximum Gasteiger partial charge on any atom is 0.222 e. The summed E-state index contributed by atoms with van der Waals surface area (Å²) in [5.41, 5.74) is 1.03. The Morgan fingerprint density at radius 1 is 1.62 bits per heavy atom. The largest absolute Gasteiger partial charge is 0.342 e. The molecule has 1 fully saturated rings. The van der Waals surface area contributed by atoms with Gasteiger partial charge in [-0.1, -0.05) is 12.2 Å². The minimum atomic E-state index is 0.231. The zero-order valence-corrected chi connectivity index (χ0v) is 8.47. The molecule has 0 aromatic heterocycles. The Morgan fingerprint density at radius 3 is 2.62 bits per heavy atom. The second kappa shape index (κ2) is 4.42. The molecule has 1 rings (SSSR count). The number of hydrogen-bond acceptors (Lipinski definition) is 2. The van der Waals surface area contributed by atoms with E-state index in [4.69, 9.17) is 0 Å². The highest BCUT2D eigenvalue weighted by atomic mass is 16.2. The zero-order valence-electron chi connectivity index (χ0n) is 8.47. The minimum absolute atomic E-state index is 0.231. The third-order valence-corrected chi connectivity index (χ3v) is 2.26. The lowest BCUT2D eigenvalue weighted by Crippen LogP contribution is -2.44. The van der Waals surface area contributed by atoms with Crippen LogP contribution in [0.4, 0.5) is 0 Å². The first-order chi connectivity index (χ1) is 6.09. The van der Waals surface area contributed by atoms with Crippen LogP contribution in [0.1, 0.15) is 13.3 Å². The van der Waals surface area contributed by atoms with E-state index in [0.29, 0.717) is 18.9 Å². The molecule has 0 radical (unpaired) electrons. The van der Waals surface area contributed by atoms with E-state index in [1.807, 2.05) is 14.0 Å². The van der Waals surface area contributed by atoms with Crippen molar-refractivity contribution in [2.75, 3.05) is 26.7 Å². The van der Waals surface area contributed by atoms with Crippen LogP contribution in [-0.4, -0.2) is 37.5 Å². The van der Waals surface area contributed by atoms with Crippen LogP contribution in [0.2, 0.25) is 0 Å². The lowest BCUT2D eigenvalue weighted by molar-refractivity contribution is -0.130. The first-order valence-electron chi connectivity index (χ1n) is 4.68. The van der Waals surface area contributed by atoms with Crippen LogP contribution in [0.25, 0.3) is 0 Å². The van der Waals surface area contributed by atoms with Gasteiger partial charge in [0.15, 0.2) is 0 Å². The molecule has 1 saturated heterocycles. The van der Waals surface area contributed by atoms with Crippen LogP contribution >= 0.6 is 0 Å². The van der Waals surface area contributed by atoms with Crippen molar-refractivity contribution in [3.05, 3.63) is 12.2 Å². The normalized spacial score (nSPS) is 16.5. The number of carbonyl (C=O) groups excluding carboxylic acids is 1. The van der Waals surface area contributed by atoms with Crippen molar-refractivity contribution in [1.29, 1.82) is 0 Å². The van der Waals surface area contributed by atoms with Crippen molar-refractivity contribution < 1.29 is 4.79 Å². The number of amides is 1. The van der Waals surface area contributed by atoms with Gasteiger partial charge in [0.25, 0.3) is 0 Å². The molecule has 0 bridgehead atoms. The molecule has 13 heavy (non-hydrogen) atoms. The number of carbonyl (C=O) groups is 1. The zero-order chi connectivity index (χ0) is 9.84. The summed E-state index contributed by atoms with van der Waals surface area (Å²) < 4.78 is 0. The summed E-state index contributed by atoms with van der Waals surface area (Å²) in [4.78, 5) is 13.3. The molecule has 1 amide bonds. The summed E-state index contributed by atoms with van der Waals surface area (Å²) in [5, 5.41) is 3.16. The molecule has 0 aromatic rings. The van der Waals surface area contributed by atoms with Gasteiger partial charge in [-0.25, -0.2) is 0 Å². The van der Waals surface area contributed by atoms with E-state index < -0.39 is 0 Å². The quantitative estimate of drug-likeness (QED) is 0.647. The second-order valence-electron chi connectivity index (χ2n) is 3.94. The van der Waals surface area contributed by atoms with Crippen molar-refractivity contribution in [3.63, 3.8) is 0 Å². The van der Waals surface area contributed by atoms with Crippen LogP contribution in [-0.2, 0) is 4.79 Å². The topological polar surface area (TPSA) is 32.3 Å². The van der Waals surface area contributed by atoms with Gasteiger partial charge < -0.3 is 10.2 Å². The smallest absolute Gasteiger partial charge is 0.222 e. The molecule has 0 spiro atoms. The lowest BCUT2D eigenvalue weighted by Gasteiger charge is -2.28. The van der Waals surface area contributed by atoms with Crippen LogP contribution < -0.4 is 5.32 Å². The first-order valence-corrected chi connectivity index (χ1v) is 4.68. The van der Waals surface area contributed by atoms with Crippen molar-refractivity contribution >= 4 is 5.91 Å². The van der Waals surface area contributed by atoms with E-state index >= 15 is 0 Å². The third-order valence-electron chi connectivity index (χ3n) is 2.26. The minimum Gasteiger partial charge on any atom is -0.342 e. The molecular weight excluding hydrogens is 164 g/mol. The fourth-order valence-corrected chi connectivity index (χ4v) is 1.39. The molecule has 0 aromatic carbocycles. The summed E-state index contributed by atoms with van der Waals surface area (Å²) in [6.07, 6.45) is 0.677. The molecule has 1 aliphatic heterocycles. The van der Waals surface area contributed by atoms with E-state index in [9.17, 15) is 4.79 Å². The molecule has 3 heteroatoms. The SMILES string of the molecule is C=C(C)CN(C)C(=O)CC1CNC1. The number of nitrogens with one attached hydrogen (secondary N) is 1. The molecule has 1 heterocycles. The van der Waals surface area contributed by atoms with E-state index in [-0.39, 0.29) is 5.91 Å². The number of nitrogens with zero attached hydrogens (tertiary/aromatic N) is 1. The van der Waals surface area contributed by atoms with Crippen LogP contribution in [0, 0.1) is 5.92 Å². The molecule has 0 atom stereocenters. The van der Waals surface area contributed by atoms with Gasteiger partial charge in [0, 0.05) is 20.0 Å². The van der Waals surface area contributed by atoms with Gasteiger partial charge in [-0.2, -0.15) is 0 Å². The summed E-state index contributed by atoms with van der Waals surface area (Å²) in [7, 11) is 1.84. The Morgan fingerprint density at radius 2 is 2.23 bits per heavy atom. The highest BCUT2D eigenvalue weighted by Crippen LogP contribution is 2.10. The third kappa shape index (κ3) is 3.19. The Hall–Kier alpha value is -0.830. The Labute approximate surface area is 79.8 Å². The molecule has 0 unspecified atom stereocenters. The van der Waals surface area contributed by atoms with Crippen molar-refractivity contribution in [2.24, 2.45) is 5.92 Å². The molecule has 0 saturated carbocycles. The van der Waals surface area contributed by atoms with E-state index in [2.05, 4.69) is 11.9 Å². The summed E-state index contributed by atoms with van der Waals surface area (Å²) in [6.45, 7) is 8.39. The summed E-state index contributed by atoms with van der Waals surface area (Å²) >= 11 is 0. The Kier molecular flexibility index (Phi) is 3.48. The van der Waals surface area contributed by atoms with Gasteiger partial charge >= 0.3 is 0 Å². The highest BCUT2D eigenvalue weighted by molar-refractivity contribution is 5.76. The first kappa shape index (κ1) is 10.3. The average molecular weight is 182 g/mol. The van der Waals surface area contributed by atoms with Crippen molar-refractivity contribution in [1.82, 2.24) is 10.2 Å². The molecule has 0 aliphatic carbocycles. The summed E-state index contributed by atoms with van der Waals surface area (Å²) in [6, 6.07) is 0. The van der Waals surface area contributed by atoms with Crippen LogP contribution in [0.5, 0.6) is 0 Å². The molecule has 74 valence electrons. The fourth-order valence-electron chi connectivity index (χ4n) is 1.39. The fraction of sp³-hybridized carbons (Fsp3) is 0.700. The monoisotopic (exact) mass is 182 g/mol. The average Bonchev–Trinajstić information content (AvgIpc) is 1.94. The van der Waals surface area contributed by atoms with Crippen molar-refractivity contribution in [3.8, 4) is 0 Å². The van der Waals surface area contributed by atoms with Crippen LogP contribution in [0.15, 0.2) is 12.2 Å².